The van der Waals surface area contributed by atoms with Crippen LogP contribution in [0.4, 0.5) is 0 Å². The van der Waals surface area contributed by atoms with Crippen molar-refractivity contribution in [3.05, 3.63) is 0 Å². The lowest BCUT2D eigenvalue weighted by atomic mass is 9.94. The van der Waals surface area contributed by atoms with Crippen molar-refractivity contribution in [2.45, 2.75) is 45.7 Å². The highest BCUT2D eigenvalue weighted by atomic mass is 16.3. The van der Waals surface area contributed by atoms with Crippen LogP contribution in [-0.2, 0) is 0 Å². The van der Waals surface area contributed by atoms with Gasteiger partial charge in [0.15, 0.2) is 0 Å². The number of hydrogen-bond acceptors (Lipinski definition) is 3. The predicted octanol–water partition coefficient (Wildman–Crippen LogP) is 0.850. The molecule has 0 atom stereocenters. The fourth-order valence-corrected chi connectivity index (χ4v) is 1.91. The molecule has 0 amide bonds. The molecule has 0 spiro atoms. The Bertz CT molecular complexity index is 125. The molecule has 13 heavy (non-hydrogen) atoms. The largest absolute Gasteiger partial charge is 0.394 e. The van der Waals surface area contributed by atoms with Crippen LogP contribution in [0.15, 0.2) is 0 Å². The van der Waals surface area contributed by atoms with Crippen LogP contribution in [0.2, 0.25) is 0 Å². The maximum atomic E-state index is 9.33. The van der Waals surface area contributed by atoms with E-state index in [1.165, 1.54) is 0 Å². The highest BCUT2D eigenvalue weighted by molar-refractivity contribution is 4.89. The molecule has 0 heterocycles. The molecule has 0 radical (unpaired) electrons. The van der Waals surface area contributed by atoms with Crippen molar-refractivity contribution < 1.29 is 10.2 Å². The van der Waals surface area contributed by atoms with E-state index in [1.54, 1.807) is 0 Å². The summed E-state index contributed by atoms with van der Waals surface area (Å²) in [7, 11) is 0. The number of nitrogens with zero attached hydrogens (tertiary/aromatic N) is 1. The summed E-state index contributed by atoms with van der Waals surface area (Å²) in [5.74, 6) is 0. The molecule has 0 unspecified atom stereocenters. The summed E-state index contributed by atoms with van der Waals surface area (Å²) < 4.78 is 0. The van der Waals surface area contributed by atoms with Gasteiger partial charge in [0, 0.05) is 6.04 Å². The van der Waals surface area contributed by atoms with Crippen LogP contribution < -0.4 is 0 Å². The Kier molecular flexibility index (Phi) is 5.53. The van der Waals surface area contributed by atoms with Crippen LogP contribution >= 0.6 is 0 Å². The maximum Gasteiger partial charge on any atom is 0.0672 e. The smallest absolute Gasteiger partial charge is 0.0672 e. The molecule has 3 heteroatoms. The second-order valence-corrected chi connectivity index (χ2v) is 3.77. The lowest BCUT2D eigenvalue weighted by Crippen LogP contribution is -2.56. The van der Waals surface area contributed by atoms with Crippen molar-refractivity contribution in [3.8, 4) is 0 Å². The number of rotatable bonds is 6. The van der Waals surface area contributed by atoms with Gasteiger partial charge >= 0.3 is 0 Å². The van der Waals surface area contributed by atoms with Crippen molar-refractivity contribution in [1.29, 1.82) is 0 Å². The highest BCUT2D eigenvalue weighted by Gasteiger charge is 2.34. The molecule has 0 fully saturated rings. The summed E-state index contributed by atoms with van der Waals surface area (Å²) in [5.41, 5.74) is -0.442. The van der Waals surface area contributed by atoms with Crippen LogP contribution in [0, 0.1) is 0 Å². The SMILES string of the molecule is CCN(C(C)C)C(CC)(CO)CO. The highest BCUT2D eigenvalue weighted by Crippen LogP contribution is 2.21. The average molecular weight is 189 g/mol. The van der Waals surface area contributed by atoms with Gasteiger partial charge in [-0.15, -0.1) is 0 Å². The summed E-state index contributed by atoms with van der Waals surface area (Å²) in [6, 6.07) is 0.351. The van der Waals surface area contributed by atoms with Crippen molar-refractivity contribution in [2.75, 3.05) is 19.8 Å². The fraction of sp³-hybridized carbons (Fsp3) is 1.00. The van der Waals surface area contributed by atoms with Crippen molar-refractivity contribution in [1.82, 2.24) is 4.90 Å². The van der Waals surface area contributed by atoms with Crippen LogP contribution in [0.5, 0.6) is 0 Å². The molecule has 0 saturated carbocycles. The Morgan fingerprint density at radius 3 is 1.69 bits per heavy atom. The lowest BCUT2D eigenvalue weighted by Gasteiger charge is -2.43. The molecule has 2 N–H and O–H groups in total. The van der Waals surface area contributed by atoms with Gasteiger partial charge in [0.1, 0.15) is 0 Å². The molecule has 0 aliphatic heterocycles. The third-order valence-electron chi connectivity index (χ3n) is 2.82. The minimum Gasteiger partial charge on any atom is -0.394 e. The Morgan fingerprint density at radius 1 is 1.15 bits per heavy atom. The minimum absolute atomic E-state index is 0.0199. The molecular formula is C10H23NO2. The summed E-state index contributed by atoms with van der Waals surface area (Å²) in [6.45, 7) is 9.11. The second kappa shape index (κ2) is 5.58. The van der Waals surface area contributed by atoms with Crippen LogP contribution in [0.3, 0.4) is 0 Å². The van der Waals surface area contributed by atoms with E-state index in [-0.39, 0.29) is 13.2 Å². The van der Waals surface area contributed by atoms with Crippen LogP contribution in [0.25, 0.3) is 0 Å². The molecule has 80 valence electrons. The first-order valence-electron chi connectivity index (χ1n) is 5.06. The standard InChI is InChI=1S/C10H23NO2/c1-5-10(7-12,8-13)11(6-2)9(3)4/h9,12-13H,5-8H2,1-4H3. The van der Waals surface area contributed by atoms with Crippen molar-refractivity contribution in [3.63, 3.8) is 0 Å². The fourth-order valence-electron chi connectivity index (χ4n) is 1.91. The molecule has 0 aromatic rings. The van der Waals surface area contributed by atoms with Gasteiger partial charge in [-0.05, 0) is 26.8 Å². The van der Waals surface area contributed by atoms with Crippen LogP contribution in [-0.4, -0.2) is 46.5 Å². The zero-order valence-corrected chi connectivity index (χ0v) is 9.25. The molecule has 0 aliphatic carbocycles. The number of aliphatic hydroxyl groups is 2. The molecule has 0 saturated heterocycles. The minimum atomic E-state index is -0.442. The van der Waals surface area contributed by atoms with Gasteiger partial charge in [-0.1, -0.05) is 13.8 Å². The molecule has 0 aromatic carbocycles. The van der Waals surface area contributed by atoms with E-state index >= 15 is 0 Å². The van der Waals surface area contributed by atoms with Gasteiger partial charge in [-0.25, -0.2) is 0 Å². The Balaban J connectivity index is 4.65. The summed E-state index contributed by atoms with van der Waals surface area (Å²) in [6.07, 6.45) is 0.770. The van der Waals surface area contributed by atoms with E-state index in [1.807, 2.05) is 6.92 Å². The van der Waals surface area contributed by atoms with Gasteiger partial charge in [-0.2, -0.15) is 0 Å². The van der Waals surface area contributed by atoms with Crippen molar-refractivity contribution >= 4 is 0 Å². The Morgan fingerprint density at radius 2 is 1.62 bits per heavy atom. The van der Waals surface area contributed by atoms with Crippen LogP contribution in [0.1, 0.15) is 34.1 Å². The molecule has 3 nitrogen and oxygen atoms in total. The number of aliphatic hydroxyl groups excluding tert-OH is 2. The van der Waals surface area contributed by atoms with E-state index in [0.29, 0.717) is 6.04 Å². The summed E-state index contributed by atoms with van der Waals surface area (Å²) in [4.78, 5) is 2.15. The normalized spacial score (nSPS) is 12.9. The zero-order chi connectivity index (χ0) is 10.5. The third-order valence-corrected chi connectivity index (χ3v) is 2.82. The van der Waals surface area contributed by atoms with Gasteiger partial charge in [-0.3, -0.25) is 4.90 Å². The van der Waals surface area contributed by atoms with E-state index in [2.05, 4.69) is 25.7 Å². The lowest BCUT2D eigenvalue weighted by molar-refractivity contribution is -0.0305. The molecule has 0 rings (SSSR count). The first-order chi connectivity index (χ1) is 6.07. The summed E-state index contributed by atoms with van der Waals surface area (Å²) in [5, 5.41) is 18.7. The maximum absolute atomic E-state index is 9.33. The molecular weight excluding hydrogens is 166 g/mol. The van der Waals surface area contributed by atoms with Crippen molar-refractivity contribution in [2.24, 2.45) is 0 Å². The van der Waals surface area contributed by atoms with E-state index in [0.717, 1.165) is 13.0 Å². The van der Waals surface area contributed by atoms with E-state index in [4.69, 9.17) is 0 Å². The first kappa shape index (κ1) is 12.9. The zero-order valence-electron chi connectivity index (χ0n) is 9.25. The topological polar surface area (TPSA) is 43.7 Å². The molecule has 0 aromatic heterocycles. The molecule has 0 bridgehead atoms. The third kappa shape index (κ3) is 2.66. The predicted molar refractivity (Wildman–Crippen MR) is 54.7 cm³/mol. The average Bonchev–Trinajstić information content (AvgIpc) is 2.13. The van der Waals surface area contributed by atoms with Gasteiger partial charge in [0.2, 0.25) is 0 Å². The van der Waals surface area contributed by atoms with Gasteiger partial charge < -0.3 is 10.2 Å². The number of hydrogen-bond donors (Lipinski definition) is 2. The number of likely N-dealkylation sites (N-methyl/N-ethyl adjacent to an activating group) is 1. The Labute approximate surface area is 81.4 Å². The monoisotopic (exact) mass is 189 g/mol. The second-order valence-electron chi connectivity index (χ2n) is 3.77. The van der Waals surface area contributed by atoms with E-state index < -0.39 is 5.54 Å². The molecule has 0 aliphatic rings. The Hall–Kier alpha value is -0.120. The summed E-state index contributed by atoms with van der Waals surface area (Å²) >= 11 is 0. The van der Waals surface area contributed by atoms with E-state index in [9.17, 15) is 10.2 Å². The first-order valence-corrected chi connectivity index (χ1v) is 5.06. The van der Waals surface area contributed by atoms with Gasteiger partial charge in [0.25, 0.3) is 0 Å². The quantitative estimate of drug-likeness (QED) is 0.651. The van der Waals surface area contributed by atoms with Gasteiger partial charge in [0.05, 0.1) is 18.8 Å².